The average Bonchev–Trinajstić information content (AvgIpc) is 2.80. The van der Waals surface area contributed by atoms with Crippen LogP contribution in [0, 0.1) is 6.92 Å². The van der Waals surface area contributed by atoms with Gasteiger partial charge in [0.1, 0.15) is 11.2 Å². The highest BCUT2D eigenvalue weighted by atomic mass is 35.5. The molecule has 0 atom stereocenters. The number of rotatable bonds is 0. The van der Waals surface area contributed by atoms with Gasteiger partial charge in [0, 0.05) is 11.2 Å². The van der Waals surface area contributed by atoms with Crippen molar-refractivity contribution in [3.63, 3.8) is 0 Å². The number of hydrogen-bond donors (Lipinski definition) is 0. The molecular formula is C15H9ClN2O2. The van der Waals surface area contributed by atoms with E-state index >= 15 is 0 Å². The van der Waals surface area contributed by atoms with Crippen LogP contribution in [0.3, 0.4) is 0 Å². The zero-order chi connectivity index (χ0) is 13.9. The summed E-state index contributed by atoms with van der Waals surface area (Å²) in [6.07, 6.45) is 1.81. The zero-order valence-electron chi connectivity index (χ0n) is 10.6. The number of aromatic nitrogens is 2. The van der Waals surface area contributed by atoms with E-state index in [0.29, 0.717) is 27.2 Å². The fourth-order valence-corrected chi connectivity index (χ4v) is 2.63. The Morgan fingerprint density at radius 2 is 2.15 bits per heavy atom. The van der Waals surface area contributed by atoms with Gasteiger partial charge in [0.05, 0.1) is 5.39 Å². The number of imidazole rings is 1. The lowest BCUT2D eigenvalue weighted by Gasteiger charge is -1.99. The molecule has 20 heavy (non-hydrogen) atoms. The van der Waals surface area contributed by atoms with Gasteiger partial charge in [-0.1, -0.05) is 17.7 Å². The average molecular weight is 285 g/mol. The van der Waals surface area contributed by atoms with Gasteiger partial charge in [0.25, 0.3) is 0 Å². The molecule has 0 saturated heterocycles. The van der Waals surface area contributed by atoms with E-state index in [1.165, 1.54) is 0 Å². The second kappa shape index (κ2) is 3.84. The highest BCUT2D eigenvalue weighted by Crippen LogP contribution is 2.23. The summed E-state index contributed by atoms with van der Waals surface area (Å²) < 4.78 is 7.49. The topological polar surface area (TPSA) is 47.5 Å². The number of benzene rings is 1. The molecule has 0 aliphatic heterocycles. The molecule has 0 unspecified atom stereocenters. The van der Waals surface area contributed by atoms with Crippen molar-refractivity contribution in [1.29, 1.82) is 0 Å². The molecule has 0 amide bonds. The van der Waals surface area contributed by atoms with Gasteiger partial charge in [-0.05, 0) is 36.8 Å². The summed E-state index contributed by atoms with van der Waals surface area (Å²) >= 11 is 5.96. The van der Waals surface area contributed by atoms with E-state index in [9.17, 15) is 4.79 Å². The Bertz CT molecular complexity index is 1050. The number of nitrogens with zero attached hydrogens (tertiary/aromatic N) is 2. The van der Waals surface area contributed by atoms with E-state index in [-0.39, 0.29) is 5.43 Å². The van der Waals surface area contributed by atoms with E-state index in [1.54, 1.807) is 22.6 Å². The maximum Gasteiger partial charge on any atom is 0.250 e. The molecule has 0 bridgehead atoms. The molecule has 4 aromatic rings. The standard InChI is InChI=1S/C15H9ClN2O2/c1-8-3-2-6-18-12-13(19)10-7-9(16)4-5-11(10)20-15(12)17-14(8)18/h2-7H,1H3. The number of hydrogen-bond acceptors (Lipinski definition) is 3. The SMILES string of the molecule is Cc1cccn2c1nc1oc3ccc(Cl)cc3c(=O)c12. The molecule has 0 spiro atoms. The van der Waals surface area contributed by atoms with Crippen molar-refractivity contribution in [3.8, 4) is 0 Å². The van der Waals surface area contributed by atoms with Crippen LogP contribution in [0.4, 0.5) is 0 Å². The molecular weight excluding hydrogens is 276 g/mol. The van der Waals surface area contributed by atoms with Crippen LogP contribution in [0.5, 0.6) is 0 Å². The van der Waals surface area contributed by atoms with E-state index in [0.717, 1.165) is 11.2 Å². The predicted octanol–water partition coefficient (Wildman–Crippen LogP) is 3.56. The molecule has 3 aromatic heterocycles. The second-order valence-corrected chi connectivity index (χ2v) is 5.16. The molecule has 0 N–H and O–H groups in total. The van der Waals surface area contributed by atoms with Gasteiger partial charge in [-0.15, -0.1) is 0 Å². The van der Waals surface area contributed by atoms with Gasteiger partial charge in [-0.2, -0.15) is 4.98 Å². The van der Waals surface area contributed by atoms with Crippen molar-refractivity contribution in [2.45, 2.75) is 6.92 Å². The van der Waals surface area contributed by atoms with Crippen molar-refractivity contribution >= 4 is 39.4 Å². The van der Waals surface area contributed by atoms with Gasteiger partial charge in [0.2, 0.25) is 11.1 Å². The Balaban J connectivity index is 2.34. The maximum atomic E-state index is 12.6. The summed E-state index contributed by atoms with van der Waals surface area (Å²) in [6, 6.07) is 8.83. The maximum absolute atomic E-state index is 12.6. The molecule has 5 heteroatoms. The number of halogens is 1. The fourth-order valence-electron chi connectivity index (χ4n) is 2.46. The molecule has 4 nitrogen and oxygen atoms in total. The summed E-state index contributed by atoms with van der Waals surface area (Å²) in [5, 5.41) is 0.974. The summed E-state index contributed by atoms with van der Waals surface area (Å²) in [7, 11) is 0. The number of fused-ring (bicyclic) bond motifs is 4. The monoisotopic (exact) mass is 284 g/mol. The first kappa shape index (κ1) is 11.5. The van der Waals surface area contributed by atoms with Crippen LogP contribution >= 0.6 is 11.6 Å². The Morgan fingerprint density at radius 3 is 3.00 bits per heavy atom. The summed E-state index contributed by atoms with van der Waals surface area (Å²) in [5.41, 5.74) is 2.87. The first-order valence-corrected chi connectivity index (χ1v) is 6.53. The molecule has 0 aliphatic rings. The lowest BCUT2D eigenvalue weighted by molar-refractivity contribution is 0.648. The van der Waals surface area contributed by atoms with Gasteiger partial charge in [-0.3, -0.25) is 9.20 Å². The molecule has 0 fully saturated rings. The normalized spacial score (nSPS) is 11.7. The largest absolute Gasteiger partial charge is 0.436 e. The van der Waals surface area contributed by atoms with Gasteiger partial charge < -0.3 is 4.42 Å². The van der Waals surface area contributed by atoms with E-state index in [4.69, 9.17) is 16.0 Å². The van der Waals surface area contributed by atoms with Crippen molar-refractivity contribution in [2.24, 2.45) is 0 Å². The lowest BCUT2D eigenvalue weighted by Crippen LogP contribution is -2.04. The Kier molecular flexibility index (Phi) is 2.20. The molecule has 1 aromatic carbocycles. The second-order valence-electron chi connectivity index (χ2n) is 4.72. The number of pyridine rings is 1. The van der Waals surface area contributed by atoms with E-state index < -0.39 is 0 Å². The van der Waals surface area contributed by atoms with Gasteiger partial charge in [-0.25, -0.2) is 0 Å². The van der Waals surface area contributed by atoms with Crippen LogP contribution in [-0.2, 0) is 0 Å². The predicted molar refractivity (Wildman–Crippen MR) is 78.5 cm³/mol. The van der Waals surface area contributed by atoms with E-state index in [1.807, 2.05) is 25.3 Å². The third-order valence-corrected chi connectivity index (χ3v) is 3.66. The smallest absolute Gasteiger partial charge is 0.250 e. The molecule has 4 rings (SSSR count). The minimum absolute atomic E-state index is 0.123. The highest BCUT2D eigenvalue weighted by molar-refractivity contribution is 6.31. The van der Waals surface area contributed by atoms with E-state index in [2.05, 4.69) is 4.98 Å². The van der Waals surface area contributed by atoms with Crippen molar-refractivity contribution in [1.82, 2.24) is 9.38 Å². The van der Waals surface area contributed by atoms with Crippen molar-refractivity contribution < 1.29 is 4.42 Å². The fraction of sp³-hybridized carbons (Fsp3) is 0.0667. The quantitative estimate of drug-likeness (QED) is 0.496. The molecule has 0 aliphatic carbocycles. The third kappa shape index (κ3) is 1.42. The Morgan fingerprint density at radius 1 is 1.30 bits per heavy atom. The minimum Gasteiger partial charge on any atom is -0.436 e. The van der Waals surface area contributed by atoms with Crippen LogP contribution in [0.1, 0.15) is 5.56 Å². The van der Waals surface area contributed by atoms with Crippen LogP contribution in [0.2, 0.25) is 5.02 Å². The van der Waals surface area contributed by atoms with Gasteiger partial charge in [0.15, 0.2) is 5.52 Å². The summed E-state index contributed by atoms with van der Waals surface area (Å²) in [4.78, 5) is 17.1. The van der Waals surface area contributed by atoms with Crippen molar-refractivity contribution in [2.75, 3.05) is 0 Å². The van der Waals surface area contributed by atoms with Crippen LogP contribution in [-0.4, -0.2) is 9.38 Å². The molecule has 98 valence electrons. The third-order valence-electron chi connectivity index (χ3n) is 3.42. The lowest BCUT2D eigenvalue weighted by atomic mass is 10.2. The Hall–Kier alpha value is -2.33. The summed E-state index contributed by atoms with van der Waals surface area (Å²) in [5.74, 6) is 0. The summed E-state index contributed by atoms with van der Waals surface area (Å²) in [6.45, 7) is 1.95. The molecule has 3 heterocycles. The first-order valence-electron chi connectivity index (χ1n) is 6.15. The molecule has 0 saturated carbocycles. The first-order chi connectivity index (χ1) is 9.65. The van der Waals surface area contributed by atoms with Crippen LogP contribution < -0.4 is 5.43 Å². The van der Waals surface area contributed by atoms with Gasteiger partial charge >= 0.3 is 0 Å². The Labute approximate surface area is 118 Å². The van der Waals surface area contributed by atoms with Crippen LogP contribution in [0.25, 0.3) is 27.8 Å². The zero-order valence-corrected chi connectivity index (χ0v) is 11.3. The van der Waals surface area contributed by atoms with Crippen molar-refractivity contribution in [3.05, 3.63) is 57.3 Å². The minimum atomic E-state index is -0.123. The number of aryl methyl sites for hydroxylation is 1. The van der Waals surface area contributed by atoms with Crippen LogP contribution in [0.15, 0.2) is 45.7 Å². The highest BCUT2D eigenvalue weighted by Gasteiger charge is 2.15. The molecule has 0 radical (unpaired) electrons.